The number of carbonyl (C=O) groups is 3. The summed E-state index contributed by atoms with van der Waals surface area (Å²) < 4.78 is 69.7. The van der Waals surface area contributed by atoms with Crippen LogP contribution in [0.15, 0.2) is 0 Å². The molecule has 6 nitrogen and oxygen atoms in total. The van der Waals surface area contributed by atoms with Crippen LogP contribution in [-0.2, 0) is 14.3 Å². The predicted octanol–water partition coefficient (Wildman–Crippen LogP) is 1.40. The Morgan fingerprint density at radius 1 is 0.765 bits per heavy atom. The molecule has 17 heavy (non-hydrogen) atoms. The molecule has 0 saturated heterocycles. The smallest absolute Gasteiger partial charge is 0.450 e. The average molecular weight is 272 g/mol. The molecule has 0 saturated carbocycles. The lowest BCUT2D eigenvalue weighted by Crippen LogP contribution is -2.34. The first-order valence-electron chi connectivity index (χ1n) is 3.10. The van der Waals surface area contributed by atoms with Gasteiger partial charge in [0.1, 0.15) is 0 Å². The van der Waals surface area contributed by atoms with Gasteiger partial charge in [0, 0.05) is 0 Å². The third kappa shape index (κ3) is 10.3. The molecule has 0 spiro atoms. The summed E-state index contributed by atoms with van der Waals surface area (Å²) in [6, 6.07) is 0. The molecule has 0 amide bonds. The molecule has 0 atom stereocenters. The first kappa shape index (κ1) is 17.4. The van der Waals surface area contributed by atoms with Gasteiger partial charge in [-0.3, -0.25) is 0 Å². The van der Waals surface area contributed by atoms with Crippen LogP contribution in [-0.4, -0.2) is 40.7 Å². The number of halogens is 6. The second kappa shape index (κ2) is 5.91. The second-order valence-corrected chi connectivity index (χ2v) is 1.96. The molecule has 0 bridgehead atoms. The van der Waals surface area contributed by atoms with Crippen molar-refractivity contribution in [3.63, 3.8) is 0 Å². The maximum atomic E-state index is 11.2. The van der Waals surface area contributed by atoms with E-state index in [4.69, 9.17) is 15.0 Å². The molecule has 0 heterocycles. The number of hydrogen-bond acceptors (Lipinski definition) is 4. The molecule has 0 aromatic rings. The Morgan fingerprint density at radius 3 is 1.06 bits per heavy atom. The number of alkyl halides is 6. The Balaban J connectivity index is 0. The van der Waals surface area contributed by atoms with Crippen molar-refractivity contribution >= 4 is 18.1 Å². The average Bonchev–Trinajstić information content (AvgIpc) is 1.98. The number of ether oxygens (including phenoxy) is 1. The van der Waals surface area contributed by atoms with E-state index >= 15 is 0 Å². The molecule has 0 rings (SSSR count). The van der Waals surface area contributed by atoms with E-state index in [-0.39, 0.29) is 0 Å². The quantitative estimate of drug-likeness (QED) is 0.392. The van der Waals surface area contributed by atoms with Gasteiger partial charge in [-0.05, 0) is 0 Å². The van der Waals surface area contributed by atoms with Crippen molar-refractivity contribution in [1.29, 1.82) is 0 Å². The van der Waals surface area contributed by atoms with Crippen molar-refractivity contribution in [1.82, 2.24) is 0 Å². The summed E-state index contributed by atoms with van der Waals surface area (Å²) in [5, 5.41) is 13.9. The monoisotopic (exact) mass is 272 g/mol. The van der Waals surface area contributed by atoms with Crippen LogP contribution < -0.4 is 0 Å². The van der Waals surface area contributed by atoms with Gasteiger partial charge < -0.3 is 14.9 Å². The first-order valence-corrected chi connectivity index (χ1v) is 3.10. The summed E-state index contributed by atoms with van der Waals surface area (Å²) in [4.78, 5) is 27.9. The molecule has 0 aromatic carbocycles. The van der Waals surface area contributed by atoms with Gasteiger partial charge in [-0.25, -0.2) is 14.4 Å². The molecule has 0 aliphatic rings. The Bertz CT molecular complexity index is 275. The zero-order chi connectivity index (χ0) is 14.4. The summed E-state index contributed by atoms with van der Waals surface area (Å²) in [6.45, 7) is 0. The molecule has 0 aliphatic carbocycles. The van der Waals surface area contributed by atoms with Crippen molar-refractivity contribution in [3.05, 3.63) is 0 Å². The maximum absolute atomic E-state index is 11.2. The van der Waals surface area contributed by atoms with Crippen LogP contribution >= 0.6 is 0 Å². The first-order chi connectivity index (χ1) is 7.28. The van der Waals surface area contributed by atoms with Gasteiger partial charge in [-0.15, -0.1) is 0 Å². The number of carbonyl (C=O) groups excluding carboxylic acids is 2. The summed E-state index contributed by atoms with van der Waals surface area (Å²) in [7, 11) is 0. The van der Waals surface area contributed by atoms with E-state index in [1.54, 1.807) is 0 Å². The zero-order valence-corrected chi connectivity index (χ0v) is 7.30. The van der Waals surface area contributed by atoms with E-state index in [1.807, 2.05) is 0 Å². The fourth-order valence-corrected chi connectivity index (χ4v) is 0.200. The summed E-state index contributed by atoms with van der Waals surface area (Å²) in [5.74, 6) is -6.40. The fraction of sp³-hybridized carbons (Fsp3) is 0.400. The minimum absolute atomic E-state index is 1.83. The van der Waals surface area contributed by atoms with E-state index in [2.05, 4.69) is 4.74 Å². The molecule has 0 fully saturated rings. The molecule has 0 aliphatic heterocycles. The third-order valence-corrected chi connectivity index (χ3v) is 0.648. The summed E-state index contributed by atoms with van der Waals surface area (Å²) >= 11 is 0. The molecule has 2 N–H and O–H groups in total. The van der Waals surface area contributed by atoms with Crippen molar-refractivity contribution in [3.8, 4) is 0 Å². The SMILES string of the molecule is O=C(O)O.O=C(OC(=O)C(F)(F)F)C(F)(F)F. The normalized spacial score (nSPS) is 10.9. The van der Waals surface area contributed by atoms with E-state index in [0.29, 0.717) is 0 Å². The summed E-state index contributed by atoms with van der Waals surface area (Å²) in [5.41, 5.74) is 0. The number of carboxylic acid groups (broad SMARTS) is 2. The Labute approximate surface area is 87.4 Å². The standard InChI is InChI=1S/C4F6O3.CH2O3/c5-3(6,7)1(11)13-2(12)4(8,9)10;2-1(3)4/h;(H2,2,3,4). The highest BCUT2D eigenvalue weighted by Gasteiger charge is 2.49. The topological polar surface area (TPSA) is 101 Å². The maximum Gasteiger partial charge on any atom is 0.503 e. The highest BCUT2D eigenvalue weighted by molar-refractivity contribution is 5.90. The van der Waals surface area contributed by atoms with E-state index in [1.165, 1.54) is 0 Å². The van der Waals surface area contributed by atoms with Gasteiger partial charge in [-0.1, -0.05) is 0 Å². The molecular weight excluding hydrogens is 270 g/mol. The highest BCUT2D eigenvalue weighted by Crippen LogP contribution is 2.21. The van der Waals surface area contributed by atoms with Gasteiger partial charge in [0.05, 0.1) is 0 Å². The number of esters is 2. The van der Waals surface area contributed by atoms with Crippen molar-refractivity contribution in [2.24, 2.45) is 0 Å². The minimum atomic E-state index is -5.62. The lowest BCUT2D eigenvalue weighted by atomic mass is 10.6. The van der Waals surface area contributed by atoms with E-state index in [0.717, 1.165) is 0 Å². The third-order valence-electron chi connectivity index (χ3n) is 0.648. The Kier molecular flexibility index (Phi) is 6.04. The largest absolute Gasteiger partial charge is 0.503 e. The summed E-state index contributed by atoms with van der Waals surface area (Å²) in [6.07, 6.45) is -13.1. The molecular formula is C5H2F6O6. The van der Waals surface area contributed by atoms with Gasteiger partial charge in [0.2, 0.25) is 0 Å². The van der Waals surface area contributed by atoms with Crippen LogP contribution in [0.1, 0.15) is 0 Å². The molecule has 12 heteroatoms. The molecule has 0 unspecified atom stereocenters. The van der Waals surface area contributed by atoms with Crippen LogP contribution in [0.25, 0.3) is 0 Å². The Hall–Kier alpha value is -2.01. The van der Waals surface area contributed by atoms with Gasteiger partial charge in [0.25, 0.3) is 0 Å². The van der Waals surface area contributed by atoms with Gasteiger partial charge in [-0.2, -0.15) is 26.3 Å². The van der Waals surface area contributed by atoms with Crippen molar-refractivity contribution < 1.29 is 55.7 Å². The molecule has 0 aromatic heterocycles. The van der Waals surface area contributed by atoms with Crippen LogP contribution in [0.2, 0.25) is 0 Å². The van der Waals surface area contributed by atoms with Crippen LogP contribution in [0, 0.1) is 0 Å². The molecule has 0 radical (unpaired) electrons. The predicted molar refractivity (Wildman–Crippen MR) is 33.9 cm³/mol. The van der Waals surface area contributed by atoms with Crippen LogP contribution in [0.3, 0.4) is 0 Å². The van der Waals surface area contributed by atoms with Crippen molar-refractivity contribution in [2.75, 3.05) is 0 Å². The lowest BCUT2D eigenvalue weighted by molar-refractivity contribution is -0.221. The Morgan fingerprint density at radius 2 is 0.941 bits per heavy atom. The second-order valence-electron chi connectivity index (χ2n) is 1.96. The van der Waals surface area contributed by atoms with E-state index < -0.39 is 30.4 Å². The van der Waals surface area contributed by atoms with Crippen LogP contribution in [0.4, 0.5) is 31.1 Å². The van der Waals surface area contributed by atoms with Crippen molar-refractivity contribution in [2.45, 2.75) is 12.4 Å². The fourth-order valence-electron chi connectivity index (χ4n) is 0.200. The minimum Gasteiger partial charge on any atom is -0.450 e. The van der Waals surface area contributed by atoms with Gasteiger partial charge in [0.15, 0.2) is 0 Å². The van der Waals surface area contributed by atoms with Crippen LogP contribution in [0.5, 0.6) is 0 Å². The highest BCUT2D eigenvalue weighted by atomic mass is 19.4. The zero-order valence-electron chi connectivity index (χ0n) is 7.30. The molecule has 100 valence electrons. The lowest BCUT2D eigenvalue weighted by Gasteiger charge is -2.06. The number of rotatable bonds is 0. The van der Waals surface area contributed by atoms with E-state index in [9.17, 15) is 35.9 Å². The number of hydrogen-bond donors (Lipinski definition) is 2. The van der Waals surface area contributed by atoms with Gasteiger partial charge >= 0.3 is 30.4 Å².